The first-order valence-electron chi connectivity index (χ1n) is 8.62. The van der Waals surface area contributed by atoms with Crippen LogP contribution in [0.25, 0.3) is 0 Å². The fraction of sp³-hybridized carbons (Fsp3) is 0.333. The van der Waals surface area contributed by atoms with Crippen LogP contribution in [0.3, 0.4) is 0 Å². The second-order valence-corrected chi connectivity index (χ2v) is 6.56. The van der Waals surface area contributed by atoms with E-state index >= 15 is 0 Å². The summed E-state index contributed by atoms with van der Waals surface area (Å²) in [4.78, 5) is 26.3. The third-order valence-electron chi connectivity index (χ3n) is 4.75. The number of hydrogen-bond donors (Lipinski definition) is 0. The lowest BCUT2D eigenvalue weighted by Gasteiger charge is -2.24. The Labute approximate surface area is 153 Å². The summed E-state index contributed by atoms with van der Waals surface area (Å²) in [5.41, 5.74) is 2.74. The molecule has 2 aromatic carbocycles. The van der Waals surface area contributed by atoms with Crippen LogP contribution in [0.5, 0.6) is 11.5 Å². The van der Waals surface area contributed by atoms with Crippen molar-refractivity contribution < 1.29 is 19.1 Å². The second-order valence-electron chi connectivity index (χ2n) is 6.56. The van der Waals surface area contributed by atoms with E-state index in [9.17, 15) is 9.59 Å². The molecule has 1 heterocycles. The van der Waals surface area contributed by atoms with Gasteiger partial charge in [0.15, 0.2) is 11.5 Å². The first-order valence-corrected chi connectivity index (χ1v) is 8.62. The fourth-order valence-electron chi connectivity index (χ4n) is 3.47. The number of carbonyl (C=O) groups is 2. The van der Waals surface area contributed by atoms with E-state index in [4.69, 9.17) is 9.47 Å². The van der Waals surface area contributed by atoms with Crippen LogP contribution >= 0.6 is 0 Å². The molecule has 0 spiro atoms. The van der Waals surface area contributed by atoms with E-state index in [1.807, 2.05) is 47.4 Å². The smallest absolute Gasteiger partial charge is 0.254 e. The van der Waals surface area contributed by atoms with Gasteiger partial charge in [-0.25, -0.2) is 0 Å². The molecule has 26 heavy (non-hydrogen) atoms. The van der Waals surface area contributed by atoms with Crippen molar-refractivity contribution in [3.63, 3.8) is 0 Å². The summed E-state index contributed by atoms with van der Waals surface area (Å²) in [5.74, 6) is 1.28. The molecular formula is C21H23NO4. The average molecular weight is 353 g/mol. The molecule has 136 valence electrons. The molecule has 5 nitrogen and oxygen atoms in total. The second kappa shape index (κ2) is 7.60. The standard InChI is InChI=1S/C21H23NO4/c1-14(23)10-17(15-8-9-19(25-2)20(11-15)26-3)13-22-12-16-6-4-5-7-18(16)21(22)24/h4-9,11,17H,10,12-13H2,1-3H3. The number of hydrogen-bond acceptors (Lipinski definition) is 4. The molecular weight excluding hydrogens is 330 g/mol. The Morgan fingerprint density at radius 3 is 2.50 bits per heavy atom. The molecule has 0 radical (unpaired) electrons. The van der Waals surface area contributed by atoms with E-state index in [0.717, 1.165) is 16.7 Å². The summed E-state index contributed by atoms with van der Waals surface area (Å²) in [5, 5.41) is 0. The fourth-order valence-corrected chi connectivity index (χ4v) is 3.47. The Morgan fingerprint density at radius 2 is 1.85 bits per heavy atom. The summed E-state index contributed by atoms with van der Waals surface area (Å²) < 4.78 is 10.7. The van der Waals surface area contributed by atoms with Gasteiger partial charge in [0.25, 0.3) is 5.91 Å². The predicted molar refractivity (Wildman–Crippen MR) is 98.8 cm³/mol. The van der Waals surface area contributed by atoms with Gasteiger partial charge in [-0.2, -0.15) is 0 Å². The highest BCUT2D eigenvalue weighted by atomic mass is 16.5. The van der Waals surface area contributed by atoms with Gasteiger partial charge in [-0.15, -0.1) is 0 Å². The third kappa shape index (κ3) is 3.57. The van der Waals surface area contributed by atoms with Crippen molar-refractivity contribution in [2.24, 2.45) is 0 Å². The quantitative estimate of drug-likeness (QED) is 0.765. The van der Waals surface area contributed by atoms with Crippen molar-refractivity contribution in [2.45, 2.75) is 25.8 Å². The monoisotopic (exact) mass is 353 g/mol. The number of amides is 1. The number of nitrogens with zero attached hydrogens (tertiary/aromatic N) is 1. The molecule has 0 fully saturated rings. The van der Waals surface area contributed by atoms with Crippen LogP contribution in [0.4, 0.5) is 0 Å². The van der Waals surface area contributed by atoms with Crippen molar-refractivity contribution in [1.82, 2.24) is 4.90 Å². The van der Waals surface area contributed by atoms with Gasteiger partial charge >= 0.3 is 0 Å². The van der Waals surface area contributed by atoms with Gasteiger partial charge in [-0.05, 0) is 36.2 Å². The van der Waals surface area contributed by atoms with E-state index in [1.165, 1.54) is 0 Å². The van der Waals surface area contributed by atoms with E-state index in [2.05, 4.69) is 0 Å². The molecule has 0 aliphatic carbocycles. The molecule has 0 bridgehead atoms. The highest BCUT2D eigenvalue weighted by molar-refractivity contribution is 5.98. The zero-order valence-corrected chi connectivity index (χ0v) is 15.3. The summed E-state index contributed by atoms with van der Waals surface area (Å²) in [6.07, 6.45) is 0.371. The first kappa shape index (κ1) is 18.0. The average Bonchev–Trinajstić information content (AvgIpc) is 2.96. The number of fused-ring (bicyclic) bond motifs is 1. The van der Waals surface area contributed by atoms with Crippen LogP contribution in [-0.4, -0.2) is 37.4 Å². The maximum atomic E-state index is 12.7. The van der Waals surface area contributed by atoms with Crippen molar-refractivity contribution >= 4 is 11.7 Å². The Hall–Kier alpha value is -2.82. The third-order valence-corrected chi connectivity index (χ3v) is 4.75. The predicted octanol–water partition coefficient (Wildman–Crippen LogP) is 3.42. The van der Waals surface area contributed by atoms with Crippen LogP contribution in [0.15, 0.2) is 42.5 Å². The number of methoxy groups -OCH3 is 2. The molecule has 0 saturated carbocycles. The molecule has 3 rings (SSSR count). The minimum absolute atomic E-state index is 0.0228. The zero-order chi connectivity index (χ0) is 18.7. The highest BCUT2D eigenvalue weighted by Gasteiger charge is 2.29. The Morgan fingerprint density at radius 1 is 1.12 bits per heavy atom. The number of benzene rings is 2. The molecule has 1 aliphatic heterocycles. The maximum absolute atomic E-state index is 12.7. The van der Waals surface area contributed by atoms with Crippen LogP contribution in [0, 0.1) is 0 Å². The maximum Gasteiger partial charge on any atom is 0.254 e. The van der Waals surface area contributed by atoms with Gasteiger partial charge in [-0.1, -0.05) is 24.3 Å². The minimum atomic E-state index is -0.0921. The Bertz CT molecular complexity index is 831. The number of ether oxygens (including phenoxy) is 2. The van der Waals surface area contributed by atoms with Crippen molar-refractivity contribution in [2.75, 3.05) is 20.8 Å². The Kier molecular flexibility index (Phi) is 5.26. The molecule has 0 aromatic heterocycles. The van der Waals surface area contributed by atoms with Crippen molar-refractivity contribution in [3.05, 3.63) is 59.2 Å². The van der Waals surface area contributed by atoms with Crippen molar-refractivity contribution in [1.29, 1.82) is 0 Å². The molecule has 2 aromatic rings. The summed E-state index contributed by atoms with van der Waals surface area (Å²) in [6.45, 7) is 2.65. The summed E-state index contributed by atoms with van der Waals surface area (Å²) in [7, 11) is 3.17. The summed E-state index contributed by atoms with van der Waals surface area (Å²) in [6, 6.07) is 13.3. The van der Waals surface area contributed by atoms with Gasteiger partial charge in [-0.3, -0.25) is 4.79 Å². The van der Waals surface area contributed by atoms with E-state index in [1.54, 1.807) is 21.1 Å². The van der Waals surface area contributed by atoms with E-state index < -0.39 is 0 Å². The normalized spacial score (nSPS) is 14.1. The van der Waals surface area contributed by atoms with Gasteiger partial charge < -0.3 is 19.2 Å². The number of rotatable bonds is 7. The number of carbonyl (C=O) groups excluding carboxylic acids is 2. The molecule has 1 aliphatic rings. The number of ketones is 1. The zero-order valence-electron chi connectivity index (χ0n) is 15.3. The van der Waals surface area contributed by atoms with Gasteiger partial charge in [0.2, 0.25) is 0 Å². The molecule has 0 N–H and O–H groups in total. The topological polar surface area (TPSA) is 55.8 Å². The SMILES string of the molecule is COc1ccc(C(CC(C)=O)CN2Cc3ccccc3C2=O)cc1OC. The Balaban J connectivity index is 1.86. The number of Topliss-reactive ketones (excluding diaryl/α,β-unsaturated/α-hetero) is 1. The van der Waals surface area contributed by atoms with Crippen LogP contribution in [-0.2, 0) is 11.3 Å². The van der Waals surface area contributed by atoms with Gasteiger partial charge in [0.05, 0.1) is 14.2 Å². The molecule has 1 atom stereocenters. The van der Waals surface area contributed by atoms with E-state index in [-0.39, 0.29) is 17.6 Å². The van der Waals surface area contributed by atoms with Crippen LogP contribution in [0.2, 0.25) is 0 Å². The van der Waals surface area contributed by atoms with Crippen LogP contribution in [0.1, 0.15) is 40.7 Å². The largest absolute Gasteiger partial charge is 0.493 e. The lowest BCUT2D eigenvalue weighted by molar-refractivity contribution is -0.117. The molecule has 1 unspecified atom stereocenters. The van der Waals surface area contributed by atoms with Gasteiger partial charge in [0, 0.05) is 31.0 Å². The van der Waals surface area contributed by atoms with E-state index in [0.29, 0.717) is 31.0 Å². The lowest BCUT2D eigenvalue weighted by Crippen LogP contribution is -2.29. The van der Waals surface area contributed by atoms with Gasteiger partial charge in [0.1, 0.15) is 5.78 Å². The molecule has 5 heteroatoms. The molecule has 1 amide bonds. The lowest BCUT2D eigenvalue weighted by atomic mass is 9.93. The highest BCUT2D eigenvalue weighted by Crippen LogP contribution is 2.33. The minimum Gasteiger partial charge on any atom is -0.493 e. The molecule has 0 saturated heterocycles. The van der Waals surface area contributed by atoms with Crippen LogP contribution < -0.4 is 9.47 Å². The van der Waals surface area contributed by atoms with Crippen molar-refractivity contribution in [3.8, 4) is 11.5 Å². The first-order chi connectivity index (χ1) is 12.5. The summed E-state index contributed by atoms with van der Waals surface area (Å²) >= 11 is 0.